The third-order valence-electron chi connectivity index (χ3n) is 14.1. The first kappa shape index (κ1) is 59.3. The van der Waals surface area contributed by atoms with Crippen molar-refractivity contribution in [2.75, 3.05) is 26.4 Å². The van der Waals surface area contributed by atoms with Gasteiger partial charge in [-0.3, -0.25) is 19.2 Å². The number of rotatable bonds is 31. The summed E-state index contributed by atoms with van der Waals surface area (Å²) in [5.74, 6) is -0.795. The van der Waals surface area contributed by atoms with Crippen LogP contribution in [0.5, 0.6) is 23.0 Å². The minimum Gasteiger partial charge on any atom is -0.494 e. The van der Waals surface area contributed by atoms with E-state index in [1.807, 2.05) is 78.2 Å². The molecule has 420 valence electrons. The predicted octanol–water partition coefficient (Wildman–Crippen LogP) is 12.6. The molecular weight excluding hydrogens is 1030 g/mol. The first-order chi connectivity index (χ1) is 38.5. The van der Waals surface area contributed by atoms with Crippen LogP contribution in [-0.4, -0.2) is 79.4 Å². The van der Waals surface area contributed by atoms with E-state index in [-0.39, 0.29) is 54.6 Å². The molecule has 2 heterocycles. The topological polar surface area (TPSA) is 189 Å². The number of aryl methyl sites for hydroxylation is 2. The molecule has 0 aliphatic heterocycles. The molecule has 0 radical (unpaired) electrons. The zero-order valence-corrected chi connectivity index (χ0v) is 45.9. The highest BCUT2D eigenvalue weighted by atomic mass is 32.1. The first-order valence-electron chi connectivity index (χ1n) is 27.8. The van der Waals surface area contributed by atoms with E-state index < -0.39 is 23.8 Å². The SMILES string of the molecule is C=CC(=O)OCCCCCCOc1ccc(CCC(=O)O[C@H]2CC[C@H](C(=O)Oc3ccc(OC(=O)[C@H]4CC[C@H](OC(=O)CCc5ccc(OCCCCCCOC(=O)C=C)cc5)CC4)c4nc(-c5cccs5)ccc34)CC2)cc1. The number of carbonyl (C=O) groups excluding carboxylic acids is 6. The highest BCUT2D eigenvalue weighted by Crippen LogP contribution is 2.38. The molecule has 16 heteroatoms. The Labute approximate surface area is 466 Å². The van der Waals surface area contributed by atoms with Gasteiger partial charge in [0, 0.05) is 30.4 Å². The van der Waals surface area contributed by atoms with Gasteiger partial charge in [-0.1, -0.05) is 43.5 Å². The maximum absolute atomic E-state index is 13.7. The Morgan fingerprint density at radius 3 is 1.43 bits per heavy atom. The molecule has 2 aromatic heterocycles. The molecule has 0 saturated heterocycles. The predicted molar refractivity (Wildman–Crippen MR) is 300 cm³/mol. The molecule has 0 spiro atoms. The van der Waals surface area contributed by atoms with Crippen LogP contribution in [0.3, 0.4) is 0 Å². The van der Waals surface area contributed by atoms with Gasteiger partial charge in [0.05, 0.1) is 48.8 Å². The van der Waals surface area contributed by atoms with Crippen LogP contribution in [0.25, 0.3) is 21.5 Å². The lowest BCUT2D eigenvalue weighted by Crippen LogP contribution is -2.30. The van der Waals surface area contributed by atoms with Crippen LogP contribution in [0.15, 0.2) is 116 Å². The summed E-state index contributed by atoms with van der Waals surface area (Å²) in [7, 11) is 0. The van der Waals surface area contributed by atoms with Crippen molar-refractivity contribution in [2.45, 2.75) is 141 Å². The van der Waals surface area contributed by atoms with Crippen LogP contribution < -0.4 is 18.9 Å². The van der Waals surface area contributed by atoms with Crippen molar-refractivity contribution in [3.63, 3.8) is 0 Å². The second-order valence-corrected chi connectivity index (χ2v) is 20.9. The molecule has 5 aromatic rings. The molecule has 2 fully saturated rings. The molecule has 2 aliphatic rings. The number of hydrogen-bond acceptors (Lipinski definition) is 16. The minimum absolute atomic E-state index is 0.238. The standard InChI is InChI=1S/C63H73NO14S/c1-3-57(65)73-41-11-7-5-9-39-71-48-25-15-44(16-26-48)19-37-59(67)75-50-29-21-46(22-30-50)62(69)77-54-35-36-55(61-52(54)33-34-53(64-61)56-14-13-43-79-56)78-63(70)47-23-31-51(32-24-47)76-60(68)38-20-45-17-27-49(28-18-45)72-40-10-6-8-12-42-74-58(66)4-2/h3-4,13-18,25-28,33-36,43,46-47,50-51H,1-2,5-12,19-24,29-32,37-42H2/t46-,47-,50-,51-. The van der Waals surface area contributed by atoms with Gasteiger partial charge in [0.15, 0.2) is 5.75 Å². The minimum atomic E-state index is -0.399. The van der Waals surface area contributed by atoms with Gasteiger partial charge in [-0.05, 0) is 187 Å². The fourth-order valence-electron chi connectivity index (χ4n) is 9.56. The first-order valence-corrected chi connectivity index (χ1v) is 28.7. The molecule has 7 rings (SSSR count). The summed E-state index contributed by atoms with van der Waals surface area (Å²) in [6.45, 7) is 8.74. The maximum atomic E-state index is 13.7. The molecule has 0 bridgehead atoms. The van der Waals surface area contributed by atoms with E-state index in [2.05, 4.69) is 13.2 Å². The average Bonchev–Trinajstić information content (AvgIpc) is 4.03. The van der Waals surface area contributed by atoms with Crippen LogP contribution in [0, 0.1) is 11.8 Å². The Morgan fingerprint density at radius 1 is 0.519 bits per heavy atom. The number of esters is 6. The smallest absolute Gasteiger partial charge is 0.330 e. The van der Waals surface area contributed by atoms with E-state index in [0.29, 0.717) is 113 Å². The number of benzene rings is 3. The molecule has 0 amide bonds. The van der Waals surface area contributed by atoms with E-state index in [0.717, 1.165) is 84.9 Å². The van der Waals surface area contributed by atoms with E-state index in [1.165, 1.54) is 17.4 Å². The maximum Gasteiger partial charge on any atom is 0.330 e. The highest BCUT2D eigenvalue weighted by Gasteiger charge is 2.32. The fraction of sp³-hybridized carbons (Fsp3) is 0.444. The summed E-state index contributed by atoms with van der Waals surface area (Å²) in [4.78, 5) is 81.2. The summed E-state index contributed by atoms with van der Waals surface area (Å²) >= 11 is 1.53. The zero-order chi connectivity index (χ0) is 55.6. The van der Waals surface area contributed by atoms with Gasteiger partial charge in [0.25, 0.3) is 0 Å². The number of thiophene rings is 1. The van der Waals surface area contributed by atoms with Gasteiger partial charge in [0.1, 0.15) is 35.0 Å². The summed E-state index contributed by atoms with van der Waals surface area (Å²) in [6.07, 6.45) is 14.7. The highest BCUT2D eigenvalue weighted by molar-refractivity contribution is 7.13. The number of pyridine rings is 1. The average molecular weight is 1100 g/mol. The molecule has 2 aliphatic carbocycles. The van der Waals surface area contributed by atoms with E-state index in [1.54, 1.807) is 12.1 Å². The Morgan fingerprint density at radius 2 is 0.975 bits per heavy atom. The largest absolute Gasteiger partial charge is 0.494 e. The Balaban J connectivity index is 0.806. The third-order valence-corrected chi connectivity index (χ3v) is 15.0. The summed E-state index contributed by atoms with van der Waals surface area (Å²) in [5, 5.41) is 2.49. The quantitative estimate of drug-likeness (QED) is 0.0134. The molecule has 0 atom stereocenters. The van der Waals surface area contributed by atoms with Crippen molar-refractivity contribution >= 4 is 58.1 Å². The van der Waals surface area contributed by atoms with Crippen LogP contribution >= 0.6 is 11.3 Å². The van der Waals surface area contributed by atoms with Gasteiger partial charge in [0.2, 0.25) is 0 Å². The molecule has 0 unspecified atom stereocenters. The number of ether oxygens (including phenoxy) is 8. The fourth-order valence-corrected chi connectivity index (χ4v) is 10.3. The lowest BCUT2D eigenvalue weighted by atomic mass is 9.87. The van der Waals surface area contributed by atoms with Gasteiger partial charge in [-0.15, -0.1) is 11.3 Å². The Kier molecular flexibility index (Phi) is 24.0. The van der Waals surface area contributed by atoms with Crippen molar-refractivity contribution in [1.29, 1.82) is 0 Å². The number of aromatic nitrogens is 1. The molecule has 2 saturated carbocycles. The number of unbranched alkanes of at least 4 members (excludes halogenated alkanes) is 6. The van der Waals surface area contributed by atoms with Gasteiger partial charge in [-0.25, -0.2) is 14.6 Å². The van der Waals surface area contributed by atoms with Crippen molar-refractivity contribution in [3.05, 3.63) is 127 Å². The van der Waals surface area contributed by atoms with Crippen molar-refractivity contribution in [1.82, 2.24) is 4.98 Å². The summed E-state index contributed by atoms with van der Waals surface area (Å²) in [5.41, 5.74) is 3.09. The van der Waals surface area contributed by atoms with Gasteiger partial charge >= 0.3 is 35.8 Å². The molecule has 0 N–H and O–H groups in total. The number of hydrogen-bond donors (Lipinski definition) is 0. The zero-order valence-electron chi connectivity index (χ0n) is 45.1. The normalized spacial score (nSPS) is 16.9. The summed E-state index contributed by atoms with van der Waals surface area (Å²) in [6, 6.07) is 26.3. The number of nitrogens with zero attached hydrogens (tertiary/aromatic N) is 1. The number of fused-ring (bicyclic) bond motifs is 1. The van der Waals surface area contributed by atoms with Crippen molar-refractivity contribution in [2.24, 2.45) is 11.8 Å². The Bertz CT molecular complexity index is 2780. The van der Waals surface area contributed by atoms with Gasteiger partial charge < -0.3 is 37.9 Å². The van der Waals surface area contributed by atoms with Crippen LogP contribution in [0.1, 0.15) is 127 Å². The molecule has 79 heavy (non-hydrogen) atoms. The van der Waals surface area contributed by atoms with E-state index in [4.69, 9.17) is 42.9 Å². The van der Waals surface area contributed by atoms with Crippen molar-refractivity contribution < 1.29 is 66.7 Å². The number of carbonyl (C=O) groups is 6. The van der Waals surface area contributed by atoms with Crippen LogP contribution in [0.2, 0.25) is 0 Å². The van der Waals surface area contributed by atoms with Gasteiger partial charge in [-0.2, -0.15) is 0 Å². The monoisotopic (exact) mass is 1100 g/mol. The molecule has 3 aromatic carbocycles. The van der Waals surface area contributed by atoms with Crippen molar-refractivity contribution in [3.8, 4) is 33.6 Å². The molecule has 15 nitrogen and oxygen atoms in total. The third kappa shape index (κ3) is 19.8. The molecular formula is C63H73NO14S. The van der Waals surface area contributed by atoms with E-state index >= 15 is 0 Å². The Hall–Kier alpha value is -7.33. The second kappa shape index (κ2) is 31.9. The van der Waals surface area contributed by atoms with Crippen LogP contribution in [-0.2, 0) is 60.6 Å². The second-order valence-electron chi connectivity index (χ2n) is 20.0. The summed E-state index contributed by atoms with van der Waals surface area (Å²) < 4.78 is 45.5. The lowest BCUT2D eigenvalue weighted by Gasteiger charge is -2.27. The lowest BCUT2D eigenvalue weighted by molar-refractivity contribution is -0.153. The van der Waals surface area contributed by atoms with Crippen LogP contribution in [0.4, 0.5) is 0 Å². The van der Waals surface area contributed by atoms with E-state index in [9.17, 15) is 28.8 Å².